The van der Waals surface area contributed by atoms with Crippen molar-refractivity contribution in [3.63, 3.8) is 0 Å². The van der Waals surface area contributed by atoms with Crippen LogP contribution < -0.4 is 4.90 Å². The van der Waals surface area contributed by atoms with Crippen molar-refractivity contribution in [3.8, 4) is 33.4 Å². The van der Waals surface area contributed by atoms with Crippen molar-refractivity contribution in [2.45, 2.75) is 0 Å². The number of rotatable bonds is 6. The summed E-state index contributed by atoms with van der Waals surface area (Å²) in [5, 5.41) is 2.50. The molecule has 0 fully saturated rings. The highest BCUT2D eigenvalue weighted by molar-refractivity contribution is 7.27. The first-order valence-electron chi connectivity index (χ1n) is 16.5. The molecule has 0 radical (unpaired) electrons. The number of nitrogens with zero attached hydrogens (tertiary/aromatic N) is 3. The molecule has 0 spiro atoms. The smallest absolute Gasteiger partial charge is 0.158 e. The first kappa shape index (κ1) is 29.1. The minimum atomic E-state index is 0.482. The number of aliphatic imine (C=N–C) groups is 2. The summed E-state index contributed by atoms with van der Waals surface area (Å²) < 4.78 is 2.51. The third kappa shape index (κ3) is 5.42. The van der Waals surface area contributed by atoms with Crippen molar-refractivity contribution in [2.24, 2.45) is 9.98 Å². The van der Waals surface area contributed by atoms with Crippen LogP contribution in [0.5, 0.6) is 0 Å². The van der Waals surface area contributed by atoms with Gasteiger partial charge in [0.2, 0.25) is 0 Å². The van der Waals surface area contributed by atoms with Crippen molar-refractivity contribution >= 4 is 48.9 Å². The second-order valence-corrected chi connectivity index (χ2v) is 13.2. The van der Waals surface area contributed by atoms with Gasteiger partial charge in [0, 0.05) is 32.2 Å². The van der Waals surface area contributed by atoms with Gasteiger partial charge in [-0.15, -0.1) is 11.3 Å². The largest absolute Gasteiger partial charge is 0.304 e. The first-order chi connectivity index (χ1) is 24.3. The number of hydrogen-bond donors (Lipinski definition) is 0. The Morgan fingerprint density at radius 3 is 1.63 bits per heavy atom. The van der Waals surface area contributed by atoms with E-state index in [-0.39, 0.29) is 0 Å². The van der Waals surface area contributed by atoms with E-state index in [1.54, 1.807) is 0 Å². The van der Waals surface area contributed by atoms with Crippen LogP contribution in [-0.4, -0.2) is 18.3 Å². The molecule has 0 unspecified atom stereocenters. The molecule has 0 bridgehead atoms. The van der Waals surface area contributed by atoms with Crippen LogP contribution in [0.4, 0.5) is 5.69 Å². The van der Waals surface area contributed by atoms with Gasteiger partial charge in [0.25, 0.3) is 0 Å². The van der Waals surface area contributed by atoms with E-state index in [1.807, 2.05) is 35.6 Å². The van der Waals surface area contributed by atoms with E-state index < -0.39 is 0 Å². The monoisotopic (exact) mass is 645 g/mol. The zero-order valence-electron chi connectivity index (χ0n) is 26.7. The van der Waals surface area contributed by atoms with Gasteiger partial charge in [0.1, 0.15) is 12.5 Å². The molecule has 1 aromatic heterocycles. The quantitative estimate of drug-likeness (QED) is 0.177. The van der Waals surface area contributed by atoms with Crippen molar-refractivity contribution in [3.05, 3.63) is 187 Å². The Balaban J connectivity index is 1.21. The number of thiophene rings is 1. The summed E-state index contributed by atoms with van der Waals surface area (Å²) >= 11 is 1.86. The fourth-order valence-corrected chi connectivity index (χ4v) is 8.06. The SMILES string of the molecule is c1ccc(C2=NCN(c3cccc4c3sc3c(-c5ccccc5)cc(-c5ccc(-c6ccccc6)cc5)cc34)C(c3ccccc3)=N2)cc1. The molecule has 3 nitrogen and oxygen atoms in total. The van der Waals surface area contributed by atoms with Crippen LogP contribution in [0.1, 0.15) is 11.1 Å². The molecule has 1 aliphatic rings. The summed E-state index contributed by atoms with van der Waals surface area (Å²) in [6, 6.07) is 62.4. The van der Waals surface area contributed by atoms with Gasteiger partial charge in [-0.25, -0.2) is 9.98 Å². The second-order valence-electron chi connectivity index (χ2n) is 12.2. The Labute approximate surface area is 289 Å². The normalized spacial score (nSPS) is 13.0. The summed E-state index contributed by atoms with van der Waals surface area (Å²) in [7, 11) is 0. The van der Waals surface area contributed by atoms with Crippen LogP contribution in [0.2, 0.25) is 0 Å². The fourth-order valence-electron chi connectivity index (χ4n) is 6.72. The zero-order chi connectivity index (χ0) is 32.6. The molecular formula is C45H31N3S. The second kappa shape index (κ2) is 12.5. The molecule has 8 aromatic rings. The topological polar surface area (TPSA) is 28.0 Å². The average Bonchev–Trinajstić information content (AvgIpc) is 3.58. The maximum absolute atomic E-state index is 5.19. The fraction of sp³-hybridized carbons (Fsp3) is 0.0222. The zero-order valence-corrected chi connectivity index (χ0v) is 27.5. The van der Waals surface area contributed by atoms with Gasteiger partial charge in [0.15, 0.2) is 5.84 Å². The van der Waals surface area contributed by atoms with Gasteiger partial charge in [-0.3, -0.25) is 0 Å². The predicted octanol–water partition coefficient (Wildman–Crippen LogP) is 11.7. The molecule has 0 aliphatic carbocycles. The Hall–Kier alpha value is -6.10. The molecule has 49 heavy (non-hydrogen) atoms. The lowest BCUT2D eigenvalue weighted by Crippen LogP contribution is -2.36. The van der Waals surface area contributed by atoms with Crippen LogP contribution in [0, 0.1) is 0 Å². The number of benzene rings is 7. The Bertz CT molecular complexity index is 2480. The van der Waals surface area contributed by atoms with Gasteiger partial charge in [-0.1, -0.05) is 158 Å². The van der Waals surface area contributed by atoms with Crippen molar-refractivity contribution in [1.82, 2.24) is 0 Å². The minimum absolute atomic E-state index is 0.482. The summed E-state index contributed by atoms with van der Waals surface area (Å²) in [6.45, 7) is 0.482. The van der Waals surface area contributed by atoms with Crippen LogP contribution in [0.15, 0.2) is 186 Å². The number of fused-ring (bicyclic) bond motifs is 3. The molecule has 0 saturated carbocycles. The van der Waals surface area contributed by atoms with Crippen molar-refractivity contribution < 1.29 is 0 Å². The first-order valence-corrected chi connectivity index (χ1v) is 17.3. The predicted molar refractivity (Wildman–Crippen MR) is 209 cm³/mol. The molecule has 0 atom stereocenters. The lowest BCUT2D eigenvalue weighted by atomic mass is 9.95. The van der Waals surface area contributed by atoms with E-state index in [9.17, 15) is 0 Å². The molecule has 2 heterocycles. The summed E-state index contributed by atoms with van der Waals surface area (Å²) in [6.07, 6.45) is 0. The molecular weight excluding hydrogens is 615 g/mol. The van der Waals surface area contributed by atoms with Crippen LogP contribution in [0.25, 0.3) is 53.6 Å². The van der Waals surface area contributed by atoms with E-state index in [0.717, 1.165) is 28.5 Å². The number of amidine groups is 2. The highest BCUT2D eigenvalue weighted by Crippen LogP contribution is 2.46. The highest BCUT2D eigenvalue weighted by Gasteiger charge is 2.24. The number of anilines is 1. The Morgan fingerprint density at radius 1 is 0.429 bits per heavy atom. The van der Waals surface area contributed by atoms with E-state index >= 15 is 0 Å². The van der Waals surface area contributed by atoms with Gasteiger partial charge in [-0.2, -0.15) is 0 Å². The van der Waals surface area contributed by atoms with Crippen molar-refractivity contribution in [1.29, 1.82) is 0 Å². The molecule has 4 heteroatoms. The number of hydrogen-bond acceptors (Lipinski definition) is 4. The Morgan fingerprint density at radius 2 is 0.980 bits per heavy atom. The maximum atomic E-state index is 5.19. The summed E-state index contributed by atoms with van der Waals surface area (Å²) in [4.78, 5) is 12.5. The summed E-state index contributed by atoms with van der Waals surface area (Å²) in [5.74, 6) is 1.66. The van der Waals surface area contributed by atoms with E-state index in [2.05, 4.69) is 157 Å². The molecule has 232 valence electrons. The Kier molecular flexibility index (Phi) is 7.41. The van der Waals surface area contributed by atoms with Gasteiger partial charge in [-0.05, 0) is 46.0 Å². The summed E-state index contributed by atoms with van der Waals surface area (Å²) in [5.41, 5.74) is 10.5. The van der Waals surface area contributed by atoms with Gasteiger partial charge < -0.3 is 4.90 Å². The lowest BCUT2D eigenvalue weighted by molar-refractivity contribution is 0.990. The van der Waals surface area contributed by atoms with Gasteiger partial charge in [0.05, 0.1) is 10.4 Å². The van der Waals surface area contributed by atoms with E-state index in [4.69, 9.17) is 9.98 Å². The third-order valence-corrected chi connectivity index (χ3v) is 10.4. The molecule has 0 amide bonds. The average molecular weight is 646 g/mol. The van der Waals surface area contributed by atoms with Crippen LogP contribution in [0.3, 0.4) is 0 Å². The van der Waals surface area contributed by atoms with Crippen LogP contribution >= 0.6 is 11.3 Å². The maximum Gasteiger partial charge on any atom is 0.158 e. The van der Waals surface area contributed by atoms with E-state index in [1.165, 1.54) is 53.6 Å². The molecule has 7 aromatic carbocycles. The molecule has 0 N–H and O–H groups in total. The molecule has 1 aliphatic heterocycles. The third-order valence-electron chi connectivity index (χ3n) is 9.17. The standard InChI is InChI=1S/C45H31N3S/c1-5-14-31(15-6-1)32-24-26-33(27-25-32)37-28-39(34-16-7-2-8-17-34)42-40(29-37)38-22-13-23-41(43(38)49-42)48-30-46-44(35-18-9-3-10-19-35)47-45(48)36-20-11-4-12-21-36/h1-29H,30H2. The highest BCUT2D eigenvalue weighted by atomic mass is 32.1. The van der Waals surface area contributed by atoms with E-state index in [0.29, 0.717) is 6.67 Å². The van der Waals surface area contributed by atoms with Crippen LogP contribution in [-0.2, 0) is 0 Å². The van der Waals surface area contributed by atoms with Crippen molar-refractivity contribution in [2.75, 3.05) is 11.6 Å². The molecule has 0 saturated heterocycles. The minimum Gasteiger partial charge on any atom is -0.304 e. The van der Waals surface area contributed by atoms with Gasteiger partial charge >= 0.3 is 0 Å². The molecule has 9 rings (SSSR count). The lowest BCUT2D eigenvalue weighted by Gasteiger charge is -2.28.